The fourth-order valence-corrected chi connectivity index (χ4v) is 18.8. The fraction of sp³-hybridized carbons (Fsp3) is 0.448. The Hall–Kier alpha value is -2.58. The van der Waals surface area contributed by atoms with Crippen LogP contribution in [0.25, 0.3) is 0 Å². The Morgan fingerprint density at radius 3 is 1.65 bits per heavy atom. The quantitative estimate of drug-likeness (QED) is 0.177. The van der Waals surface area contributed by atoms with Gasteiger partial charge in [0.05, 0.1) is 0 Å². The summed E-state index contributed by atoms with van der Waals surface area (Å²) in [5.41, 5.74) is -0.601. The number of ether oxygens (including phenoxy) is 2. The van der Waals surface area contributed by atoms with Gasteiger partial charge < -0.3 is 0 Å². The molecular formula is C29H39O8SSi2-. The molecule has 0 N–H and O–H groups in total. The summed E-state index contributed by atoms with van der Waals surface area (Å²) in [5.74, 6) is -2.08. The molecule has 2 aromatic carbocycles. The SMILES string of the molecule is C[S+](C1CC(=O)OC1=O)C(C)(C)O[SiH-](c1ccccc1)(c1ccccc1)C(C)(C)O[SiH-](C)(C)C1CC(=O)OC1=O. The van der Waals surface area contributed by atoms with Crippen LogP contribution in [0.15, 0.2) is 60.7 Å². The maximum atomic E-state index is 12.7. The van der Waals surface area contributed by atoms with Crippen molar-refractivity contribution in [2.45, 2.75) is 74.6 Å². The first-order valence-electron chi connectivity index (χ1n) is 13.6. The Bertz CT molecular complexity index is 1260. The zero-order chi connectivity index (χ0) is 29.5. The molecule has 8 nitrogen and oxygen atoms in total. The molecule has 2 fully saturated rings. The van der Waals surface area contributed by atoms with Crippen molar-refractivity contribution >= 4 is 61.8 Å². The average Bonchev–Trinajstić information content (AvgIpc) is 3.41. The van der Waals surface area contributed by atoms with Crippen molar-refractivity contribution in [2.24, 2.45) is 0 Å². The van der Waals surface area contributed by atoms with Crippen molar-refractivity contribution in [1.29, 1.82) is 0 Å². The number of carbonyl (C=O) groups is 4. The van der Waals surface area contributed by atoms with Gasteiger partial charge in [-0.05, 0) is 0 Å². The molecule has 4 rings (SSSR count). The molecule has 0 amide bonds. The van der Waals surface area contributed by atoms with E-state index in [-0.39, 0.29) is 12.8 Å². The third kappa shape index (κ3) is 5.62. The van der Waals surface area contributed by atoms with Gasteiger partial charge in [-0.2, -0.15) is 0 Å². The molecule has 3 atom stereocenters. The van der Waals surface area contributed by atoms with Gasteiger partial charge in [-0.25, -0.2) is 0 Å². The Balaban J connectivity index is 1.87. The Morgan fingerprint density at radius 1 is 0.750 bits per heavy atom. The fourth-order valence-electron chi connectivity index (χ4n) is 6.35. The second-order valence-corrected chi connectivity index (χ2v) is 24.3. The van der Waals surface area contributed by atoms with E-state index in [1.807, 2.05) is 108 Å². The van der Waals surface area contributed by atoms with E-state index in [1.54, 1.807) is 0 Å². The monoisotopic (exact) mass is 603 g/mol. The molecule has 0 bridgehead atoms. The molecule has 40 heavy (non-hydrogen) atoms. The molecular weight excluding hydrogens is 565 g/mol. The third-order valence-electron chi connectivity index (χ3n) is 8.49. The van der Waals surface area contributed by atoms with E-state index in [2.05, 4.69) is 0 Å². The Kier molecular flexibility index (Phi) is 8.36. The third-order valence-corrected chi connectivity index (χ3v) is 21.1. The van der Waals surface area contributed by atoms with Gasteiger partial charge in [-0.3, -0.25) is 0 Å². The van der Waals surface area contributed by atoms with Crippen LogP contribution in [0.1, 0.15) is 40.5 Å². The first-order valence-corrected chi connectivity index (χ1v) is 21.0. The molecule has 218 valence electrons. The van der Waals surface area contributed by atoms with E-state index in [0.29, 0.717) is 0 Å². The van der Waals surface area contributed by atoms with E-state index in [0.717, 1.165) is 10.4 Å². The van der Waals surface area contributed by atoms with Gasteiger partial charge in [0.25, 0.3) is 0 Å². The average molecular weight is 604 g/mol. The standard InChI is InChI=1S/C29H39O8SSi2/c1-28(2,38(5)22-18-24(30)34-26(22)32)36-40(20-14-10-8-11-15-20,21-16-12-9-13-17-21)29(3,4)37-39(6,7)23-19-25(31)35-27(23)33/h8-17,22-23,39-40H,18-19H2,1-7H3/q-1. The molecule has 0 saturated carbocycles. The van der Waals surface area contributed by atoms with E-state index in [1.165, 1.54) is 0 Å². The van der Waals surface area contributed by atoms with Crippen molar-refractivity contribution in [3.63, 3.8) is 0 Å². The van der Waals surface area contributed by atoms with Crippen LogP contribution in [0.5, 0.6) is 0 Å². The van der Waals surface area contributed by atoms with E-state index in [9.17, 15) is 19.2 Å². The van der Waals surface area contributed by atoms with Crippen molar-refractivity contribution in [2.75, 3.05) is 6.26 Å². The van der Waals surface area contributed by atoms with Gasteiger partial charge in [-0.1, -0.05) is 0 Å². The normalized spacial score (nSPS) is 22.2. The van der Waals surface area contributed by atoms with Crippen LogP contribution in [0, 0.1) is 0 Å². The van der Waals surface area contributed by atoms with Gasteiger partial charge in [-0.15, -0.1) is 0 Å². The van der Waals surface area contributed by atoms with Crippen molar-refractivity contribution < 1.29 is 37.5 Å². The number of hydrogen-bond acceptors (Lipinski definition) is 8. The minimum atomic E-state index is -3.85. The van der Waals surface area contributed by atoms with Crippen LogP contribution in [-0.4, -0.2) is 62.2 Å². The summed E-state index contributed by atoms with van der Waals surface area (Å²) >= 11 is 0. The molecule has 2 aliphatic heterocycles. The first kappa shape index (κ1) is 30.4. The number of cyclic esters (lactones) is 4. The molecule has 0 spiro atoms. The number of carbonyl (C=O) groups excluding carboxylic acids is 4. The summed E-state index contributed by atoms with van der Waals surface area (Å²) in [6.07, 6.45) is 1.99. The van der Waals surface area contributed by atoms with Crippen molar-refractivity contribution in [3.8, 4) is 0 Å². The molecule has 3 unspecified atom stereocenters. The number of rotatable bonds is 10. The number of esters is 4. The van der Waals surface area contributed by atoms with Gasteiger partial charge in [0.1, 0.15) is 0 Å². The van der Waals surface area contributed by atoms with Gasteiger partial charge in [0.15, 0.2) is 0 Å². The number of benzene rings is 2. The van der Waals surface area contributed by atoms with Crippen LogP contribution in [-0.2, 0) is 48.4 Å². The molecule has 11 heteroatoms. The summed E-state index contributed by atoms with van der Waals surface area (Å²) in [4.78, 5) is 48.4. The predicted molar refractivity (Wildman–Crippen MR) is 161 cm³/mol. The molecule has 2 heterocycles. The topological polar surface area (TPSA) is 105 Å². The maximum absolute atomic E-state index is 12.7. The first-order chi connectivity index (χ1) is 18.6. The van der Waals surface area contributed by atoms with Crippen molar-refractivity contribution in [1.82, 2.24) is 0 Å². The summed E-state index contributed by atoms with van der Waals surface area (Å²) < 4.78 is 24.4. The summed E-state index contributed by atoms with van der Waals surface area (Å²) in [7, 11) is -7.80. The molecule has 2 aromatic rings. The van der Waals surface area contributed by atoms with Crippen LogP contribution >= 0.6 is 0 Å². The van der Waals surface area contributed by atoms with Crippen LogP contribution < -0.4 is 10.4 Å². The van der Waals surface area contributed by atoms with Crippen molar-refractivity contribution in [3.05, 3.63) is 60.7 Å². The summed E-state index contributed by atoms with van der Waals surface area (Å²) in [6.45, 7) is 11.9. The number of hydrogen-bond donors (Lipinski definition) is 0. The van der Waals surface area contributed by atoms with Gasteiger partial charge in [0, 0.05) is 0 Å². The van der Waals surface area contributed by atoms with Gasteiger partial charge >= 0.3 is 241 Å². The summed E-state index contributed by atoms with van der Waals surface area (Å²) in [5, 5.41) is 0.465. The summed E-state index contributed by atoms with van der Waals surface area (Å²) in [6, 6.07) is 20.0. The molecule has 0 aliphatic carbocycles. The predicted octanol–water partition coefficient (Wildman–Crippen LogP) is 2.44. The minimum absolute atomic E-state index is 0.0174. The zero-order valence-electron chi connectivity index (χ0n) is 24.2. The van der Waals surface area contributed by atoms with E-state index in [4.69, 9.17) is 18.3 Å². The van der Waals surface area contributed by atoms with Gasteiger partial charge in [0.2, 0.25) is 0 Å². The molecule has 2 aliphatic rings. The zero-order valence-corrected chi connectivity index (χ0v) is 27.3. The molecule has 0 radical (unpaired) electrons. The Morgan fingerprint density at radius 2 is 1.23 bits per heavy atom. The molecule has 2 saturated heterocycles. The second kappa shape index (κ2) is 11.0. The molecule has 0 aromatic heterocycles. The Labute approximate surface area is 240 Å². The van der Waals surface area contributed by atoms with Crippen LogP contribution in [0.3, 0.4) is 0 Å². The van der Waals surface area contributed by atoms with Crippen LogP contribution in [0.2, 0.25) is 18.6 Å². The van der Waals surface area contributed by atoms with E-state index >= 15 is 0 Å². The van der Waals surface area contributed by atoms with Crippen LogP contribution in [0.4, 0.5) is 0 Å². The van der Waals surface area contributed by atoms with E-state index < -0.39 is 72.4 Å². The second-order valence-electron chi connectivity index (χ2n) is 12.3.